The Kier molecular flexibility index (Phi) is 3.90. The van der Waals surface area contributed by atoms with Crippen LogP contribution in [0, 0.1) is 5.92 Å². The highest BCUT2D eigenvalue weighted by Crippen LogP contribution is 2.44. The molecule has 0 aromatic carbocycles. The van der Waals surface area contributed by atoms with Crippen molar-refractivity contribution in [2.45, 2.75) is 56.7 Å². The van der Waals surface area contributed by atoms with Crippen molar-refractivity contribution in [1.29, 1.82) is 0 Å². The third-order valence-electron chi connectivity index (χ3n) is 4.14. The van der Waals surface area contributed by atoms with Crippen molar-refractivity contribution in [3.63, 3.8) is 0 Å². The van der Waals surface area contributed by atoms with Gasteiger partial charge in [-0.05, 0) is 32.1 Å². The zero-order valence-corrected chi connectivity index (χ0v) is 10.7. The summed E-state index contributed by atoms with van der Waals surface area (Å²) in [5.74, 6) is -2.91. The van der Waals surface area contributed by atoms with E-state index >= 15 is 0 Å². The van der Waals surface area contributed by atoms with Crippen LogP contribution in [0.1, 0.15) is 44.9 Å². The Hall–Kier alpha value is -1.10. The summed E-state index contributed by atoms with van der Waals surface area (Å²) in [6, 6.07) is 0. The van der Waals surface area contributed by atoms with Crippen LogP contribution in [0.15, 0.2) is 0 Å². The van der Waals surface area contributed by atoms with E-state index in [1.165, 1.54) is 20.0 Å². The van der Waals surface area contributed by atoms with E-state index in [9.17, 15) is 9.59 Å². The third-order valence-corrected chi connectivity index (χ3v) is 4.14. The van der Waals surface area contributed by atoms with Crippen molar-refractivity contribution in [3.8, 4) is 0 Å². The van der Waals surface area contributed by atoms with Gasteiger partial charge in [0.25, 0.3) is 0 Å². The van der Waals surface area contributed by atoms with Crippen LogP contribution in [0.25, 0.3) is 0 Å². The molecule has 1 spiro atoms. The molecule has 2 unspecified atom stereocenters. The van der Waals surface area contributed by atoms with Crippen molar-refractivity contribution in [3.05, 3.63) is 0 Å². The van der Waals surface area contributed by atoms with Crippen molar-refractivity contribution >= 4 is 11.9 Å². The van der Waals surface area contributed by atoms with Gasteiger partial charge in [-0.2, -0.15) is 0 Å². The molecule has 5 nitrogen and oxygen atoms in total. The molecule has 1 saturated heterocycles. The van der Waals surface area contributed by atoms with E-state index in [1.807, 2.05) is 0 Å². The van der Waals surface area contributed by atoms with E-state index in [0.29, 0.717) is 0 Å². The average Bonchev–Trinajstić information content (AvgIpc) is 2.96. The normalized spacial score (nSPS) is 27.3. The Balaban J connectivity index is 1.93. The lowest BCUT2D eigenvalue weighted by Crippen LogP contribution is -2.31. The topological polar surface area (TPSA) is 72.8 Å². The van der Waals surface area contributed by atoms with Crippen molar-refractivity contribution in [2.75, 3.05) is 7.11 Å². The number of carbonyl (C=O) groups is 2. The molecule has 1 N–H and O–H groups in total. The molecule has 0 amide bonds. The number of ether oxygens (including phenoxy) is 2. The van der Waals surface area contributed by atoms with E-state index in [0.717, 1.165) is 25.7 Å². The molecule has 2 atom stereocenters. The number of aliphatic carboxylic acids is 1. The summed E-state index contributed by atoms with van der Waals surface area (Å²) in [4.78, 5) is 22.4. The SMILES string of the molecule is COC(=O)C(CC1CCC2(CCCC2)O1)C(=O)O. The highest BCUT2D eigenvalue weighted by atomic mass is 16.5. The molecule has 5 heteroatoms. The number of rotatable bonds is 4. The lowest BCUT2D eigenvalue weighted by molar-refractivity contribution is -0.159. The summed E-state index contributed by atoms with van der Waals surface area (Å²) >= 11 is 0. The van der Waals surface area contributed by atoms with Crippen LogP contribution < -0.4 is 0 Å². The number of carbonyl (C=O) groups excluding carboxylic acids is 1. The van der Waals surface area contributed by atoms with Gasteiger partial charge in [0, 0.05) is 0 Å². The summed E-state index contributed by atoms with van der Waals surface area (Å²) in [6.45, 7) is 0. The second-order valence-electron chi connectivity index (χ2n) is 5.32. The summed E-state index contributed by atoms with van der Waals surface area (Å²) in [6.07, 6.45) is 6.45. The standard InChI is InChI=1S/C13H20O5/c1-17-12(16)10(11(14)15)8-9-4-7-13(18-9)5-2-3-6-13/h9-10H,2-8H2,1H3,(H,14,15). The summed E-state index contributed by atoms with van der Waals surface area (Å²) in [7, 11) is 1.21. The summed E-state index contributed by atoms with van der Waals surface area (Å²) < 4.78 is 10.5. The fourth-order valence-electron chi connectivity index (χ4n) is 3.15. The van der Waals surface area contributed by atoms with Gasteiger partial charge in [-0.1, -0.05) is 12.8 Å². The predicted octanol–water partition coefficient (Wildman–Crippen LogP) is 1.74. The molecule has 2 fully saturated rings. The lowest BCUT2D eigenvalue weighted by Gasteiger charge is -2.24. The minimum absolute atomic E-state index is 0.0240. The smallest absolute Gasteiger partial charge is 0.320 e. The lowest BCUT2D eigenvalue weighted by atomic mass is 9.96. The minimum Gasteiger partial charge on any atom is -0.481 e. The maximum atomic E-state index is 11.4. The Bertz CT molecular complexity index is 332. The molecular weight excluding hydrogens is 236 g/mol. The highest BCUT2D eigenvalue weighted by molar-refractivity contribution is 5.93. The first-order valence-electron chi connectivity index (χ1n) is 6.55. The van der Waals surface area contributed by atoms with Gasteiger partial charge in [0.2, 0.25) is 0 Å². The first-order valence-corrected chi connectivity index (χ1v) is 6.55. The molecule has 2 aliphatic rings. The number of carboxylic acids is 1. The van der Waals surface area contributed by atoms with Crippen LogP contribution in [0.3, 0.4) is 0 Å². The number of carboxylic acid groups (broad SMARTS) is 1. The fourth-order valence-corrected chi connectivity index (χ4v) is 3.15. The highest BCUT2D eigenvalue weighted by Gasteiger charge is 2.44. The summed E-state index contributed by atoms with van der Waals surface area (Å²) in [5, 5.41) is 9.04. The van der Waals surface area contributed by atoms with Crippen LogP contribution in [0.4, 0.5) is 0 Å². The number of methoxy groups -OCH3 is 1. The van der Waals surface area contributed by atoms with Crippen LogP contribution >= 0.6 is 0 Å². The zero-order chi connectivity index (χ0) is 13.2. The molecule has 18 heavy (non-hydrogen) atoms. The molecule has 102 valence electrons. The minimum atomic E-state index is -1.13. The molecule has 1 saturated carbocycles. The molecule has 1 aliphatic carbocycles. The van der Waals surface area contributed by atoms with Gasteiger partial charge in [0.15, 0.2) is 5.92 Å². The zero-order valence-electron chi connectivity index (χ0n) is 10.7. The van der Waals surface area contributed by atoms with E-state index in [1.54, 1.807) is 0 Å². The van der Waals surface area contributed by atoms with Crippen molar-refractivity contribution in [1.82, 2.24) is 0 Å². The van der Waals surface area contributed by atoms with Gasteiger partial charge >= 0.3 is 11.9 Å². The van der Waals surface area contributed by atoms with Gasteiger partial charge in [-0.25, -0.2) is 0 Å². The van der Waals surface area contributed by atoms with Crippen molar-refractivity contribution < 1.29 is 24.2 Å². The Morgan fingerprint density at radius 2 is 2.06 bits per heavy atom. The van der Waals surface area contributed by atoms with Crippen LogP contribution in [0.5, 0.6) is 0 Å². The second kappa shape index (κ2) is 5.26. The molecule has 0 radical (unpaired) electrons. The van der Waals surface area contributed by atoms with E-state index in [4.69, 9.17) is 9.84 Å². The van der Waals surface area contributed by atoms with Gasteiger partial charge in [-0.3, -0.25) is 9.59 Å². The number of esters is 1. The molecule has 0 bridgehead atoms. The molecule has 0 aromatic heterocycles. The first kappa shape index (κ1) is 13.3. The second-order valence-corrected chi connectivity index (χ2v) is 5.32. The van der Waals surface area contributed by atoms with Crippen LogP contribution in [-0.4, -0.2) is 35.9 Å². The van der Waals surface area contributed by atoms with Crippen LogP contribution in [-0.2, 0) is 19.1 Å². The average molecular weight is 256 g/mol. The Morgan fingerprint density at radius 1 is 1.39 bits per heavy atom. The monoisotopic (exact) mass is 256 g/mol. The van der Waals surface area contributed by atoms with Gasteiger partial charge < -0.3 is 14.6 Å². The van der Waals surface area contributed by atoms with Gasteiger partial charge in [0.05, 0.1) is 18.8 Å². The quantitative estimate of drug-likeness (QED) is 0.612. The van der Waals surface area contributed by atoms with Crippen LogP contribution in [0.2, 0.25) is 0 Å². The predicted molar refractivity (Wildman–Crippen MR) is 63.1 cm³/mol. The maximum Gasteiger partial charge on any atom is 0.320 e. The van der Waals surface area contributed by atoms with E-state index in [2.05, 4.69) is 4.74 Å². The number of hydrogen-bond acceptors (Lipinski definition) is 4. The molecule has 0 aromatic rings. The Labute approximate surface area is 106 Å². The fraction of sp³-hybridized carbons (Fsp3) is 0.846. The largest absolute Gasteiger partial charge is 0.481 e. The molecule has 1 heterocycles. The van der Waals surface area contributed by atoms with Crippen molar-refractivity contribution in [2.24, 2.45) is 5.92 Å². The third kappa shape index (κ3) is 2.66. The van der Waals surface area contributed by atoms with E-state index in [-0.39, 0.29) is 18.1 Å². The molecule has 2 rings (SSSR count). The summed E-state index contributed by atoms with van der Waals surface area (Å²) in [5.41, 5.74) is -0.0240. The van der Waals surface area contributed by atoms with E-state index < -0.39 is 17.9 Å². The Morgan fingerprint density at radius 3 is 2.61 bits per heavy atom. The number of hydrogen-bond donors (Lipinski definition) is 1. The first-order chi connectivity index (χ1) is 8.56. The molecule has 1 aliphatic heterocycles. The molecular formula is C13H20O5. The van der Waals surface area contributed by atoms with Gasteiger partial charge in [-0.15, -0.1) is 0 Å². The van der Waals surface area contributed by atoms with Gasteiger partial charge in [0.1, 0.15) is 0 Å². The maximum absolute atomic E-state index is 11.4.